The Morgan fingerprint density at radius 2 is 1.10 bits per heavy atom. The Labute approximate surface area is 285 Å². The van der Waals surface area contributed by atoms with Gasteiger partial charge in [-0.2, -0.15) is 0 Å². The van der Waals surface area contributed by atoms with Crippen molar-refractivity contribution in [3.8, 4) is 51.0 Å². The van der Waals surface area contributed by atoms with Crippen molar-refractivity contribution in [2.75, 3.05) is 0 Å². The molecule has 0 amide bonds. The average Bonchev–Trinajstić information content (AvgIpc) is 3.53. The Bertz CT molecular complexity index is 2450. The van der Waals surface area contributed by atoms with Crippen LogP contribution in [0.2, 0.25) is 0 Å². The first-order valence-corrected chi connectivity index (χ1v) is 16.7. The minimum absolute atomic E-state index is 0.362. The summed E-state index contributed by atoms with van der Waals surface area (Å²) in [5.41, 5.74) is 10.00. The highest BCUT2D eigenvalue weighted by molar-refractivity contribution is 6.16. The third-order valence-electron chi connectivity index (χ3n) is 9.37. The van der Waals surface area contributed by atoms with Crippen LogP contribution in [-0.2, 0) is 0 Å². The molecule has 1 aliphatic rings. The van der Waals surface area contributed by atoms with E-state index in [1.807, 2.05) is 60.7 Å². The van der Waals surface area contributed by atoms with E-state index in [0.29, 0.717) is 23.4 Å². The summed E-state index contributed by atoms with van der Waals surface area (Å²) in [5.74, 6) is 2.32. The molecular weight excluding hydrogens is 597 g/mol. The molecule has 6 aromatic carbocycles. The van der Waals surface area contributed by atoms with Crippen LogP contribution in [-0.4, -0.2) is 19.5 Å². The van der Waals surface area contributed by atoms with Crippen LogP contribution in [0.1, 0.15) is 17.9 Å². The lowest BCUT2D eigenvalue weighted by Crippen LogP contribution is -2.00. The second kappa shape index (κ2) is 12.3. The summed E-state index contributed by atoms with van der Waals surface area (Å²) < 4.78 is 2.39. The van der Waals surface area contributed by atoms with E-state index in [0.717, 1.165) is 34.4 Å². The molecule has 232 valence electrons. The average molecular weight is 629 g/mol. The zero-order valence-corrected chi connectivity index (χ0v) is 26.8. The van der Waals surface area contributed by atoms with E-state index in [9.17, 15) is 0 Å². The normalized spacial score (nSPS) is 14.1. The van der Waals surface area contributed by atoms with Crippen molar-refractivity contribution in [2.24, 2.45) is 0 Å². The molecule has 0 saturated carbocycles. The van der Waals surface area contributed by atoms with Crippen LogP contribution < -0.4 is 0 Å². The van der Waals surface area contributed by atoms with Gasteiger partial charge in [0.2, 0.25) is 0 Å². The number of fused-ring (bicyclic) bond motifs is 3. The zero-order chi connectivity index (χ0) is 32.6. The summed E-state index contributed by atoms with van der Waals surface area (Å²) in [6, 6.07) is 53.2. The van der Waals surface area contributed by atoms with Crippen molar-refractivity contribution in [1.82, 2.24) is 19.5 Å². The van der Waals surface area contributed by atoms with E-state index < -0.39 is 0 Å². The molecular formula is C45H32N4. The quantitative estimate of drug-likeness (QED) is 0.184. The van der Waals surface area contributed by atoms with Crippen LogP contribution in [0.3, 0.4) is 0 Å². The minimum Gasteiger partial charge on any atom is -0.309 e. The largest absolute Gasteiger partial charge is 0.309 e. The SMILES string of the molecule is C1=CCC(c2ccc3c(c2)c2c(-c4cccc(-c5nc(-c6ccccc6)nc(-c6ccccc6)n5)c4)cccc2n3-c2ccccc2)C=C1. The van der Waals surface area contributed by atoms with Gasteiger partial charge in [0, 0.05) is 39.1 Å². The second-order valence-corrected chi connectivity index (χ2v) is 12.4. The lowest BCUT2D eigenvalue weighted by atomic mass is 9.91. The number of benzene rings is 6. The van der Waals surface area contributed by atoms with Crippen LogP contribution >= 0.6 is 0 Å². The first-order chi connectivity index (χ1) is 24.3. The number of hydrogen-bond acceptors (Lipinski definition) is 3. The molecule has 0 spiro atoms. The minimum atomic E-state index is 0.362. The Hall–Kier alpha value is -6.39. The third kappa shape index (κ3) is 5.34. The molecule has 2 heterocycles. The molecule has 4 nitrogen and oxygen atoms in total. The highest BCUT2D eigenvalue weighted by atomic mass is 15.0. The van der Waals surface area contributed by atoms with E-state index in [1.165, 1.54) is 32.9 Å². The van der Waals surface area contributed by atoms with Crippen molar-refractivity contribution < 1.29 is 0 Å². The maximum absolute atomic E-state index is 5.02. The highest BCUT2D eigenvalue weighted by Gasteiger charge is 2.19. The summed E-state index contributed by atoms with van der Waals surface area (Å²) in [7, 11) is 0. The number of allylic oxidation sites excluding steroid dienone is 4. The molecule has 49 heavy (non-hydrogen) atoms. The third-order valence-corrected chi connectivity index (χ3v) is 9.37. The van der Waals surface area contributed by atoms with Gasteiger partial charge in [0.1, 0.15) is 0 Å². The lowest BCUT2D eigenvalue weighted by Gasteiger charge is -2.14. The van der Waals surface area contributed by atoms with Gasteiger partial charge in [0.25, 0.3) is 0 Å². The van der Waals surface area contributed by atoms with Gasteiger partial charge < -0.3 is 4.57 Å². The molecule has 0 N–H and O–H groups in total. The molecule has 1 atom stereocenters. The van der Waals surface area contributed by atoms with Crippen LogP contribution in [0.4, 0.5) is 0 Å². The molecule has 1 unspecified atom stereocenters. The number of para-hydroxylation sites is 1. The molecule has 0 fully saturated rings. The Morgan fingerprint density at radius 3 is 1.78 bits per heavy atom. The van der Waals surface area contributed by atoms with Gasteiger partial charge in [-0.1, -0.05) is 140 Å². The first kappa shape index (κ1) is 28.8. The number of rotatable bonds is 6. The maximum Gasteiger partial charge on any atom is 0.164 e. The van der Waals surface area contributed by atoms with Gasteiger partial charge in [-0.25, -0.2) is 15.0 Å². The fourth-order valence-corrected chi connectivity index (χ4v) is 7.01. The lowest BCUT2D eigenvalue weighted by molar-refractivity contribution is 0.855. The monoisotopic (exact) mass is 628 g/mol. The van der Waals surface area contributed by atoms with Crippen LogP contribution in [0.25, 0.3) is 72.8 Å². The molecule has 9 rings (SSSR count). The molecule has 4 heteroatoms. The fourth-order valence-electron chi connectivity index (χ4n) is 7.01. The maximum atomic E-state index is 5.02. The van der Waals surface area contributed by atoms with E-state index in [-0.39, 0.29) is 0 Å². The number of aromatic nitrogens is 4. The Morgan fingerprint density at radius 1 is 0.490 bits per heavy atom. The smallest absolute Gasteiger partial charge is 0.164 e. The number of nitrogens with zero attached hydrogens (tertiary/aromatic N) is 4. The summed E-state index contributed by atoms with van der Waals surface area (Å²) in [4.78, 5) is 14.9. The topological polar surface area (TPSA) is 43.6 Å². The van der Waals surface area contributed by atoms with Crippen molar-refractivity contribution >= 4 is 21.8 Å². The van der Waals surface area contributed by atoms with Crippen molar-refractivity contribution in [3.63, 3.8) is 0 Å². The standard InChI is InChI=1S/C45H32N4/c1-5-15-31(16-6-1)34-27-28-40-39(30-34)42-38(25-14-26-41(42)49(40)37-23-11-4-12-24-37)35-21-13-22-36(29-35)45-47-43(32-17-7-2-8-18-32)46-44(48-45)33-19-9-3-10-20-33/h1-15,17-31H,16H2. The van der Waals surface area contributed by atoms with Gasteiger partial charge in [0.05, 0.1) is 11.0 Å². The first-order valence-electron chi connectivity index (χ1n) is 16.7. The molecule has 0 bridgehead atoms. The summed E-state index contributed by atoms with van der Waals surface area (Å²) >= 11 is 0. The second-order valence-electron chi connectivity index (χ2n) is 12.4. The van der Waals surface area contributed by atoms with Crippen LogP contribution in [0.5, 0.6) is 0 Å². The molecule has 0 aliphatic heterocycles. The summed E-state index contributed by atoms with van der Waals surface area (Å²) in [5, 5.41) is 2.49. The predicted octanol–water partition coefficient (Wildman–Crippen LogP) is 11.2. The van der Waals surface area contributed by atoms with Gasteiger partial charge in [-0.15, -0.1) is 0 Å². The molecule has 8 aromatic rings. The van der Waals surface area contributed by atoms with Crippen molar-refractivity contribution in [1.29, 1.82) is 0 Å². The van der Waals surface area contributed by atoms with E-state index in [2.05, 4.69) is 120 Å². The Kier molecular flexibility index (Phi) is 7.25. The molecule has 1 aliphatic carbocycles. The van der Waals surface area contributed by atoms with E-state index >= 15 is 0 Å². The van der Waals surface area contributed by atoms with Crippen LogP contribution in [0.15, 0.2) is 176 Å². The van der Waals surface area contributed by atoms with Gasteiger partial charge in [0.15, 0.2) is 17.5 Å². The van der Waals surface area contributed by atoms with Gasteiger partial charge in [-0.3, -0.25) is 0 Å². The molecule has 2 aromatic heterocycles. The summed E-state index contributed by atoms with van der Waals surface area (Å²) in [6.45, 7) is 0. The number of hydrogen-bond donors (Lipinski definition) is 0. The molecule has 0 saturated heterocycles. The van der Waals surface area contributed by atoms with Gasteiger partial charge >= 0.3 is 0 Å². The highest BCUT2D eigenvalue weighted by Crippen LogP contribution is 2.41. The van der Waals surface area contributed by atoms with E-state index in [1.54, 1.807) is 0 Å². The van der Waals surface area contributed by atoms with Gasteiger partial charge in [-0.05, 0) is 59.5 Å². The Balaban J connectivity index is 1.24. The van der Waals surface area contributed by atoms with Crippen LogP contribution in [0, 0.1) is 0 Å². The zero-order valence-electron chi connectivity index (χ0n) is 26.8. The molecule has 0 radical (unpaired) electrons. The predicted molar refractivity (Wildman–Crippen MR) is 202 cm³/mol. The van der Waals surface area contributed by atoms with E-state index in [4.69, 9.17) is 15.0 Å². The van der Waals surface area contributed by atoms with Crippen molar-refractivity contribution in [3.05, 3.63) is 182 Å². The summed E-state index contributed by atoms with van der Waals surface area (Å²) in [6.07, 6.45) is 9.88. The van der Waals surface area contributed by atoms with Crippen molar-refractivity contribution in [2.45, 2.75) is 12.3 Å². The fraction of sp³-hybridized carbons (Fsp3) is 0.0444.